The molecule has 1 aliphatic heterocycles. The lowest BCUT2D eigenvalue weighted by Crippen LogP contribution is -2.16. The summed E-state index contributed by atoms with van der Waals surface area (Å²) in [5.74, 6) is 1.16. The highest BCUT2D eigenvalue weighted by molar-refractivity contribution is 5.11. The lowest BCUT2D eigenvalue weighted by Gasteiger charge is -2.11. The summed E-state index contributed by atoms with van der Waals surface area (Å²) in [5, 5.41) is 9.11. The molecule has 78 valence electrons. The van der Waals surface area contributed by atoms with Gasteiger partial charge in [0.2, 0.25) is 0 Å². The average Bonchev–Trinajstić information content (AvgIpc) is 2.63. The smallest absolute Gasteiger partial charge is 0.108 e. The van der Waals surface area contributed by atoms with Crippen LogP contribution in [0.25, 0.3) is 0 Å². The average molecular weight is 195 g/mol. The highest BCUT2D eigenvalue weighted by atomic mass is 16.3. The lowest BCUT2D eigenvalue weighted by molar-refractivity contribution is 0.266. The molecule has 0 saturated carbocycles. The first kappa shape index (κ1) is 9.68. The molecule has 0 amide bonds. The molecular weight excluding hydrogens is 178 g/mol. The Morgan fingerprint density at radius 2 is 2.43 bits per heavy atom. The Hall–Kier alpha value is -0.870. The molecule has 3 N–H and O–H groups in total. The van der Waals surface area contributed by atoms with Crippen molar-refractivity contribution in [3.8, 4) is 0 Å². The van der Waals surface area contributed by atoms with Gasteiger partial charge in [-0.2, -0.15) is 0 Å². The van der Waals surface area contributed by atoms with Crippen molar-refractivity contribution in [3.05, 3.63) is 17.7 Å². The molecule has 0 bridgehead atoms. The van der Waals surface area contributed by atoms with Gasteiger partial charge >= 0.3 is 0 Å². The van der Waals surface area contributed by atoms with Crippen LogP contribution in [0.15, 0.2) is 6.20 Å². The SMILES string of the molecule is NCC(CO)c1cn2c(n1)CCCC2. The summed E-state index contributed by atoms with van der Waals surface area (Å²) >= 11 is 0. The summed E-state index contributed by atoms with van der Waals surface area (Å²) < 4.78 is 2.19. The first-order valence-corrected chi connectivity index (χ1v) is 5.22. The predicted octanol–water partition coefficient (Wildman–Crippen LogP) is 0.254. The van der Waals surface area contributed by atoms with Gasteiger partial charge in [0.15, 0.2) is 0 Å². The number of imidazole rings is 1. The normalized spacial score (nSPS) is 17.9. The van der Waals surface area contributed by atoms with E-state index in [4.69, 9.17) is 10.8 Å². The van der Waals surface area contributed by atoms with Crippen LogP contribution in [-0.4, -0.2) is 27.8 Å². The number of aliphatic hydroxyl groups excluding tert-OH is 1. The van der Waals surface area contributed by atoms with Gasteiger partial charge in [-0.3, -0.25) is 0 Å². The van der Waals surface area contributed by atoms with Gasteiger partial charge in [-0.1, -0.05) is 0 Å². The second-order valence-corrected chi connectivity index (χ2v) is 3.85. The third-order valence-corrected chi connectivity index (χ3v) is 2.85. The first-order chi connectivity index (χ1) is 6.85. The molecule has 1 atom stereocenters. The van der Waals surface area contributed by atoms with Crippen molar-refractivity contribution in [2.45, 2.75) is 31.7 Å². The fourth-order valence-electron chi connectivity index (χ4n) is 1.92. The molecule has 2 rings (SSSR count). The molecule has 0 spiro atoms. The summed E-state index contributed by atoms with van der Waals surface area (Å²) in [4.78, 5) is 4.52. The van der Waals surface area contributed by atoms with E-state index in [-0.39, 0.29) is 12.5 Å². The summed E-state index contributed by atoms with van der Waals surface area (Å²) in [6.07, 6.45) is 5.56. The number of rotatable bonds is 3. The Bertz CT molecular complexity index is 281. The quantitative estimate of drug-likeness (QED) is 0.727. The first-order valence-electron chi connectivity index (χ1n) is 5.22. The van der Waals surface area contributed by atoms with Crippen molar-refractivity contribution in [3.63, 3.8) is 0 Å². The van der Waals surface area contributed by atoms with Gasteiger partial charge in [0, 0.05) is 31.6 Å². The van der Waals surface area contributed by atoms with Crippen LogP contribution < -0.4 is 5.73 Å². The maximum absolute atomic E-state index is 9.11. The molecule has 0 saturated heterocycles. The van der Waals surface area contributed by atoms with Crippen molar-refractivity contribution in [1.82, 2.24) is 9.55 Å². The number of nitrogens with zero attached hydrogens (tertiary/aromatic N) is 2. The monoisotopic (exact) mass is 195 g/mol. The molecule has 0 fully saturated rings. The van der Waals surface area contributed by atoms with Crippen molar-refractivity contribution >= 4 is 0 Å². The van der Waals surface area contributed by atoms with Crippen LogP contribution in [0.3, 0.4) is 0 Å². The fraction of sp³-hybridized carbons (Fsp3) is 0.700. The number of hydrogen-bond acceptors (Lipinski definition) is 3. The van der Waals surface area contributed by atoms with E-state index in [1.807, 2.05) is 6.20 Å². The molecule has 4 nitrogen and oxygen atoms in total. The Morgan fingerprint density at radius 3 is 3.07 bits per heavy atom. The maximum Gasteiger partial charge on any atom is 0.108 e. The summed E-state index contributed by atoms with van der Waals surface area (Å²) in [6, 6.07) is 0. The maximum atomic E-state index is 9.11. The van der Waals surface area contributed by atoms with E-state index < -0.39 is 0 Å². The Morgan fingerprint density at radius 1 is 1.57 bits per heavy atom. The zero-order chi connectivity index (χ0) is 9.97. The molecular formula is C10H17N3O. The second-order valence-electron chi connectivity index (χ2n) is 3.85. The summed E-state index contributed by atoms with van der Waals surface area (Å²) in [7, 11) is 0. The number of aliphatic hydroxyl groups is 1. The van der Waals surface area contributed by atoms with Gasteiger partial charge in [-0.05, 0) is 12.8 Å². The highest BCUT2D eigenvalue weighted by Crippen LogP contribution is 2.19. The summed E-state index contributed by atoms with van der Waals surface area (Å²) in [6.45, 7) is 1.62. The van der Waals surface area contributed by atoms with E-state index in [1.54, 1.807) is 0 Å². The van der Waals surface area contributed by atoms with Crippen molar-refractivity contribution < 1.29 is 5.11 Å². The Kier molecular flexibility index (Phi) is 2.84. The molecule has 0 aromatic carbocycles. The molecule has 4 heteroatoms. The van der Waals surface area contributed by atoms with Crippen molar-refractivity contribution in [1.29, 1.82) is 0 Å². The van der Waals surface area contributed by atoms with E-state index in [2.05, 4.69) is 9.55 Å². The van der Waals surface area contributed by atoms with Crippen LogP contribution in [0.2, 0.25) is 0 Å². The number of aryl methyl sites for hydroxylation is 2. The second kappa shape index (κ2) is 4.11. The van der Waals surface area contributed by atoms with Crippen LogP contribution in [0.5, 0.6) is 0 Å². The molecule has 0 aliphatic carbocycles. The van der Waals surface area contributed by atoms with E-state index in [1.165, 1.54) is 12.8 Å². The van der Waals surface area contributed by atoms with Gasteiger partial charge in [-0.15, -0.1) is 0 Å². The van der Waals surface area contributed by atoms with Crippen LogP contribution in [-0.2, 0) is 13.0 Å². The topological polar surface area (TPSA) is 64.1 Å². The third-order valence-electron chi connectivity index (χ3n) is 2.85. The molecule has 1 aliphatic rings. The van der Waals surface area contributed by atoms with Crippen molar-refractivity contribution in [2.75, 3.05) is 13.2 Å². The number of nitrogens with two attached hydrogens (primary N) is 1. The highest BCUT2D eigenvalue weighted by Gasteiger charge is 2.17. The van der Waals surface area contributed by atoms with Gasteiger partial charge < -0.3 is 15.4 Å². The molecule has 1 aromatic rings. The largest absolute Gasteiger partial charge is 0.396 e. The standard InChI is InChI=1S/C10H17N3O/c11-5-8(7-14)9-6-13-4-2-1-3-10(13)12-9/h6,8,14H,1-5,7,11H2. The number of fused-ring (bicyclic) bond motifs is 1. The van der Waals surface area contributed by atoms with Crippen LogP contribution in [0, 0.1) is 0 Å². The number of hydrogen-bond donors (Lipinski definition) is 2. The number of aromatic nitrogens is 2. The molecule has 0 radical (unpaired) electrons. The van der Waals surface area contributed by atoms with E-state index in [0.29, 0.717) is 6.54 Å². The van der Waals surface area contributed by atoms with Gasteiger partial charge in [0.1, 0.15) is 5.82 Å². The summed E-state index contributed by atoms with van der Waals surface area (Å²) in [5.41, 5.74) is 6.51. The molecule has 1 unspecified atom stereocenters. The van der Waals surface area contributed by atoms with Gasteiger partial charge in [0.25, 0.3) is 0 Å². The minimum absolute atomic E-state index is 0.00750. The minimum Gasteiger partial charge on any atom is -0.396 e. The van der Waals surface area contributed by atoms with Crippen LogP contribution >= 0.6 is 0 Å². The zero-order valence-corrected chi connectivity index (χ0v) is 8.32. The lowest BCUT2D eigenvalue weighted by atomic mass is 10.1. The Balaban J connectivity index is 2.22. The predicted molar refractivity (Wildman–Crippen MR) is 54.0 cm³/mol. The van der Waals surface area contributed by atoms with E-state index in [9.17, 15) is 0 Å². The zero-order valence-electron chi connectivity index (χ0n) is 8.32. The van der Waals surface area contributed by atoms with Crippen molar-refractivity contribution in [2.24, 2.45) is 5.73 Å². The van der Waals surface area contributed by atoms with E-state index >= 15 is 0 Å². The minimum atomic E-state index is 0.00750. The Labute approximate surface area is 83.8 Å². The van der Waals surface area contributed by atoms with Crippen LogP contribution in [0.1, 0.15) is 30.3 Å². The molecule has 2 heterocycles. The molecule has 14 heavy (non-hydrogen) atoms. The van der Waals surface area contributed by atoms with Crippen LogP contribution in [0.4, 0.5) is 0 Å². The molecule has 1 aromatic heterocycles. The van der Waals surface area contributed by atoms with Gasteiger partial charge in [-0.25, -0.2) is 4.98 Å². The van der Waals surface area contributed by atoms with E-state index in [0.717, 1.165) is 24.5 Å². The van der Waals surface area contributed by atoms with Gasteiger partial charge in [0.05, 0.1) is 12.3 Å². The fourth-order valence-corrected chi connectivity index (χ4v) is 1.92. The third kappa shape index (κ3) is 1.67.